The van der Waals surface area contributed by atoms with Crippen molar-refractivity contribution in [3.05, 3.63) is 69.7 Å². The first-order valence-corrected chi connectivity index (χ1v) is 7.23. The van der Waals surface area contributed by atoms with Crippen molar-refractivity contribution in [2.75, 3.05) is 13.6 Å². The van der Waals surface area contributed by atoms with Gasteiger partial charge in [0.1, 0.15) is 11.6 Å². The summed E-state index contributed by atoms with van der Waals surface area (Å²) in [5.41, 5.74) is 1.95. The van der Waals surface area contributed by atoms with Gasteiger partial charge in [0.2, 0.25) is 0 Å². The van der Waals surface area contributed by atoms with E-state index in [0.29, 0.717) is 6.42 Å². The molecule has 2 aromatic rings. The summed E-state index contributed by atoms with van der Waals surface area (Å²) in [6, 6.07) is 11.3. The van der Waals surface area contributed by atoms with Crippen molar-refractivity contribution < 1.29 is 8.78 Å². The highest BCUT2D eigenvalue weighted by Crippen LogP contribution is 2.26. The van der Waals surface area contributed by atoms with Crippen molar-refractivity contribution in [3.63, 3.8) is 0 Å². The van der Waals surface area contributed by atoms with E-state index < -0.39 is 0 Å². The van der Waals surface area contributed by atoms with Gasteiger partial charge in [-0.3, -0.25) is 0 Å². The predicted molar refractivity (Wildman–Crippen MR) is 80.9 cm³/mol. The van der Waals surface area contributed by atoms with Crippen LogP contribution in [-0.2, 0) is 6.42 Å². The summed E-state index contributed by atoms with van der Waals surface area (Å²) in [7, 11) is 1.87. The molecule has 2 rings (SSSR count). The summed E-state index contributed by atoms with van der Waals surface area (Å²) >= 11 is 3.38. The highest BCUT2D eigenvalue weighted by Gasteiger charge is 2.14. The van der Waals surface area contributed by atoms with Crippen molar-refractivity contribution in [1.29, 1.82) is 0 Å². The van der Waals surface area contributed by atoms with Gasteiger partial charge in [0.15, 0.2) is 0 Å². The number of hydrogen-bond acceptors (Lipinski definition) is 1. The molecule has 1 atom stereocenters. The van der Waals surface area contributed by atoms with Crippen LogP contribution in [0.5, 0.6) is 0 Å². The monoisotopic (exact) mass is 339 g/mol. The zero-order valence-corrected chi connectivity index (χ0v) is 12.8. The van der Waals surface area contributed by atoms with Gasteiger partial charge in [-0.15, -0.1) is 0 Å². The molecule has 0 radical (unpaired) electrons. The summed E-state index contributed by atoms with van der Waals surface area (Å²) in [5.74, 6) is -0.365. The van der Waals surface area contributed by atoms with E-state index in [2.05, 4.69) is 21.2 Å². The minimum atomic E-state index is -0.267. The van der Waals surface area contributed by atoms with Crippen LogP contribution in [0.15, 0.2) is 46.9 Å². The molecule has 0 amide bonds. The average molecular weight is 340 g/mol. The Balaban J connectivity index is 2.25. The zero-order valence-electron chi connectivity index (χ0n) is 11.2. The summed E-state index contributed by atoms with van der Waals surface area (Å²) < 4.78 is 27.2. The number of rotatable bonds is 5. The topological polar surface area (TPSA) is 12.0 Å². The van der Waals surface area contributed by atoms with E-state index in [1.54, 1.807) is 18.2 Å². The third-order valence-electron chi connectivity index (χ3n) is 3.25. The Labute approximate surface area is 126 Å². The molecule has 0 bridgehead atoms. The van der Waals surface area contributed by atoms with Gasteiger partial charge in [-0.2, -0.15) is 0 Å². The van der Waals surface area contributed by atoms with E-state index in [9.17, 15) is 8.78 Å². The van der Waals surface area contributed by atoms with Crippen LogP contribution in [0.3, 0.4) is 0 Å². The van der Waals surface area contributed by atoms with E-state index in [4.69, 9.17) is 0 Å². The van der Waals surface area contributed by atoms with Gasteiger partial charge >= 0.3 is 0 Å². The second-order valence-electron chi connectivity index (χ2n) is 4.75. The minimum absolute atomic E-state index is 0.137. The molecular weight excluding hydrogens is 324 g/mol. The van der Waals surface area contributed by atoms with Crippen LogP contribution in [0.1, 0.15) is 17.0 Å². The molecule has 4 heteroatoms. The Morgan fingerprint density at radius 1 is 1.10 bits per heavy atom. The fourth-order valence-electron chi connectivity index (χ4n) is 2.27. The number of benzene rings is 2. The van der Waals surface area contributed by atoms with Crippen LogP contribution in [0, 0.1) is 11.6 Å². The molecular formula is C16H16BrF2N. The van der Waals surface area contributed by atoms with Crippen LogP contribution in [0.25, 0.3) is 0 Å². The fraction of sp³-hybridized carbons (Fsp3) is 0.250. The zero-order chi connectivity index (χ0) is 14.5. The van der Waals surface area contributed by atoms with Crippen molar-refractivity contribution in [3.8, 4) is 0 Å². The van der Waals surface area contributed by atoms with Crippen molar-refractivity contribution >= 4 is 15.9 Å². The first kappa shape index (κ1) is 15.1. The molecule has 106 valence electrons. The Kier molecular flexibility index (Phi) is 5.26. The molecule has 0 saturated heterocycles. The van der Waals surface area contributed by atoms with Gasteiger partial charge in [0.05, 0.1) is 0 Å². The van der Waals surface area contributed by atoms with Gasteiger partial charge in [-0.05, 0) is 48.9 Å². The molecule has 1 nitrogen and oxygen atoms in total. The van der Waals surface area contributed by atoms with Gasteiger partial charge < -0.3 is 5.32 Å². The molecule has 0 fully saturated rings. The van der Waals surface area contributed by atoms with Crippen LogP contribution >= 0.6 is 15.9 Å². The summed E-state index contributed by atoms with van der Waals surface area (Å²) in [5, 5.41) is 3.13. The Hall–Kier alpha value is -1.26. The normalized spacial score (nSPS) is 12.4. The third-order valence-corrected chi connectivity index (χ3v) is 3.99. The van der Waals surface area contributed by atoms with E-state index >= 15 is 0 Å². The lowest BCUT2D eigenvalue weighted by Gasteiger charge is -2.18. The lowest BCUT2D eigenvalue weighted by molar-refractivity contribution is 0.598. The maximum absolute atomic E-state index is 13.4. The number of hydrogen-bond donors (Lipinski definition) is 1. The van der Waals surface area contributed by atoms with Gasteiger partial charge in [-0.1, -0.05) is 34.1 Å². The second kappa shape index (κ2) is 6.95. The highest BCUT2D eigenvalue weighted by atomic mass is 79.9. The molecule has 0 aliphatic heterocycles. The lowest BCUT2D eigenvalue weighted by Crippen LogP contribution is -2.19. The lowest BCUT2D eigenvalue weighted by atomic mass is 9.92. The standard InChI is InChI=1S/C16H16BrF2N/c1-20-10-13(11-3-2-4-14(18)8-11)7-12-5-6-15(19)9-16(12)17/h2-6,8-9,13,20H,7,10H2,1H3. The van der Waals surface area contributed by atoms with Crippen molar-refractivity contribution in [1.82, 2.24) is 5.32 Å². The van der Waals surface area contributed by atoms with E-state index in [1.807, 2.05) is 13.1 Å². The quantitative estimate of drug-likeness (QED) is 0.857. The molecule has 1 unspecified atom stereocenters. The maximum atomic E-state index is 13.4. The largest absolute Gasteiger partial charge is 0.319 e. The van der Waals surface area contributed by atoms with Crippen LogP contribution < -0.4 is 5.32 Å². The van der Waals surface area contributed by atoms with Crippen LogP contribution in [0.2, 0.25) is 0 Å². The number of halogens is 3. The van der Waals surface area contributed by atoms with E-state index in [1.165, 1.54) is 18.2 Å². The molecule has 0 aromatic heterocycles. The van der Waals surface area contributed by atoms with Gasteiger partial charge in [-0.25, -0.2) is 8.78 Å². The number of likely N-dealkylation sites (N-methyl/N-ethyl adjacent to an activating group) is 1. The van der Waals surface area contributed by atoms with E-state index in [0.717, 1.165) is 22.1 Å². The first-order valence-electron chi connectivity index (χ1n) is 6.44. The third kappa shape index (κ3) is 3.87. The molecule has 2 aromatic carbocycles. The SMILES string of the molecule is CNCC(Cc1ccc(F)cc1Br)c1cccc(F)c1. The minimum Gasteiger partial charge on any atom is -0.319 e. The van der Waals surface area contributed by atoms with Crippen molar-refractivity contribution in [2.45, 2.75) is 12.3 Å². The van der Waals surface area contributed by atoms with Gasteiger partial charge in [0, 0.05) is 16.9 Å². The molecule has 0 spiro atoms. The molecule has 0 aliphatic rings. The Morgan fingerprint density at radius 2 is 1.85 bits per heavy atom. The van der Waals surface area contributed by atoms with Crippen LogP contribution in [0.4, 0.5) is 8.78 Å². The first-order chi connectivity index (χ1) is 9.60. The Bertz CT molecular complexity index is 586. The van der Waals surface area contributed by atoms with Crippen molar-refractivity contribution in [2.24, 2.45) is 0 Å². The Morgan fingerprint density at radius 3 is 2.50 bits per heavy atom. The van der Waals surface area contributed by atoms with Gasteiger partial charge in [0.25, 0.3) is 0 Å². The number of nitrogens with one attached hydrogen (secondary N) is 1. The predicted octanol–water partition coefficient (Wildman–Crippen LogP) is 4.27. The highest BCUT2D eigenvalue weighted by molar-refractivity contribution is 9.10. The summed E-state index contributed by atoms with van der Waals surface area (Å²) in [4.78, 5) is 0. The van der Waals surface area contributed by atoms with Crippen LogP contribution in [-0.4, -0.2) is 13.6 Å². The molecule has 1 N–H and O–H groups in total. The maximum Gasteiger partial charge on any atom is 0.124 e. The molecule has 0 aliphatic carbocycles. The average Bonchev–Trinajstić information content (AvgIpc) is 2.41. The second-order valence-corrected chi connectivity index (χ2v) is 5.60. The summed E-state index contributed by atoms with van der Waals surface area (Å²) in [6.45, 7) is 0.729. The molecule has 0 heterocycles. The molecule has 0 saturated carbocycles. The summed E-state index contributed by atoms with van der Waals surface area (Å²) in [6.07, 6.45) is 0.713. The van der Waals surface area contributed by atoms with E-state index in [-0.39, 0.29) is 17.6 Å². The molecule has 20 heavy (non-hydrogen) atoms. The fourth-order valence-corrected chi connectivity index (χ4v) is 2.78. The smallest absolute Gasteiger partial charge is 0.124 e.